The van der Waals surface area contributed by atoms with Gasteiger partial charge in [0.05, 0.1) is 18.2 Å². The minimum Gasteiger partial charge on any atom is -0.465 e. The van der Waals surface area contributed by atoms with Gasteiger partial charge in [-0.05, 0) is 37.6 Å². The number of rotatable bonds is 9. The lowest BCUT2D eigenvalue weighted by Crippen LogP contribution is -2.42. The van der Waals surface area contributed by atoms with E-state index in [1.54, 1.807) is 6.07 Å². The summed E-state index contributed by atoms with van der Waals surface area (Å²) in [4.78, 5) is 27.8. The minimum absolute atomic E-state index is 0.171. The third-order valence-corrected chi connectivity index (χ3v) is 4.46. The first-order valence-electron chi connectivity index (χ1n) is 9.43. The summed E-state index contributed by atoms with van der Waals surface area (Å²) >= 11 is 0. The van der Waals surface area contributed by atoms with Crippen LogP contribution in [0.3, 0.4) is 0 Å². The van der Waals surface area contributed by atoms with Gasteiger partial charge in [0.25, 0.3) is 5.91 Å². The maximum Gasteiger partial charge on any atom is 0.405 e. The molecule has 9 heteroatoms. The van der Waals surface area contributed by atoms with E-state index in [4.69, 9.17) is 9.84 Å². The number of amides is 2. The van der Waals surface area contributed by atoms with Crippen LogP contribution in [0.4, 0.5) is 22.1 Å². The molecule has 3 rings (SSSR count). The second-order valence-corrected chi connectivity index (χ2v) is 6.75. The molecule has 0 aliphatic carbocycles. The number of ether oxygens (including phenoxy) is 1. The molecule has 2 amide bonds. The van der Waals surface area contributed by atoms with E-state index in [-0.39, 0.29) is 12.5 Å². The number of anilines is 3. The summed E-state index contributed by atoms with van der Waals surface area (Å²) in [6.07, 6.45) is -1.12. The molecule has 0 saturated heterocycles. The number of carbonyl (C=O) groups is 2. The van der Waals surface area contributed by atoms with Crippen molar-refractivity contribution >= 4 is 29.3 Å². The van der Waals surface area contributed by atoms with Crippen LogP contribution in [-0.4, -0.2) is 47.9 Å². The Balaban J connectivity index is 1.79. The van der Waals surface area contributed by atoms with Gasteiger partial charge < -0.3 is 31.1 Å². The van der Waals surface area contributed by atoms with Crippen LogP contribution in [0, 0.1) is 6.92 Å². The van der Waals surface area contributed by atoms with Crippen molar-refractivity contribution < 1.29 is 19.4 Å². The van der Waals surface area contributed by atoms with E-state index in [1.807, 2.05) is 38.1 Å². The first-order valence-corrected chi connectivity index (χ1v) is 9.43. The fraction of sp³-hybridized carbons (Fsp3) is 0.350. The molecule has 1 aliphatic rings. The number of aromatic nitrogens is 1. The van der Waals surface area contributed by atoms with Gasteiger partial charge in [0.2, 0.25) is 0 Å². The first-order chi connectivity index (χ1) is 14.0. The molecule has 1 aromatic heterocycles. The van der Waals surface area contributed by atoms with E-state index in [0.29, 0.717) is 36.9 Å². The molecule has 154 valence electrons. The smallest absolute Gasteiger partial charge is 0.405 e. The molecular formula is C20H25N5O4. The SMILES string of the molecule is CCOCC(CNc1cc2c(c(Nc3ccc(C)cc3)n1)C(=O)NC2)NC(=O)O. The summed E-state index contributed by atoms with van der Waals surface area (Å²) in [5.74, 6) is 0.829. The van der Waals surface area contributed by atoms with Gasteiger partial charge in [-0.2, -0.15) is 0 Å². The average Bonchev–Trinajstić information content (AvgIpc) is 3.06. The molecule has 9 nitrogen and oxygen atoms in total. The van der Waals surface area contributed by atoms with Crippen molar-refractivity contribution in [1.29, 1.82) is 0 Å². The van der Waals surface area contributed by atoms with Crippen molar-refractivity contribution in [3.05, 3.63) is 47.0 Å². The number of aryl methyl sites for hydroxylation is 1. The molecule has 5 N–H and O–H groups in total. The Labute approximate surface area is 168 Å². The molecule has 0 radical (unpaired) electrons. The Kier molecular flexibility index (Phi) is 6.50. The van der Waals surface area contributed by atoms with Gasteiger partial charge in [-0.1, -0.05) is 17.7 Å². The van der Waals surface area contributed by atoms with Gasteiger partial charge in [0, 0.05) is 25.4 Å². The van der Waals surface area contributed by atoms with Gasteiger partial charge in [0.15, 0.2) is 0 Å². The number of benzene rings is 1. The van der Waals surface area contributed by atoms with Crippen LogP contribution < -0.4 is 21.3 Å². The second kappa shape index (κ2) is 9.24. The highest BCUT2D eigenvalue weighted by molar-refractivity contribution is 6.03. The number of nitrogens with one attached hydrogen (secondary N) is 4. The van der Waals surface area contributed by atoms with Gasteiger partial charge in [0.1, 0.15) is 11.6 Å². The van der Waals surface area contributed by atoms with Crippen molar-refractivity contribution in [3.63, 3.8) is 0 Å². The lowest BCUT2D eigenvalue weighted by molar-refractivity contribution is 0.0966. The van der Waals surface area contributed by atoms with Gasteiger partial charge >= 0.3 is 6.09 Å². The zero-order chi connectivity index (χ0) is 20.8. The maximum absolute atomic E-state index is 12.2. The monoisotopic (exact) mass is 399 g/mol. The Hall–Kier alpha value is -3.33. The van der Waals surface area contributed by atoms with E-state index < -0.39 is 12.1 Å². The van der Waals surface area contributed by atoms with Gasteiger partial charge in [-0.15, -0.1) is 0 Å². The van der Waals surface area contributed by atoms with Crippen molar-refractivity contribution in [1.82, 2.24) is 15.6 Å². The van der Waals surface area contributed by atoms with E-state index >= 15 is 0 Å². The van der Waals surface area contributed by atoms with E-state index in [2.05, 4.69) is 26.3 Å². The number of hydrogen-bond acceptors (Lipinski definition) is 6. The molecule has 0 fully saturated rings. The molecule has 29 heavy (non-hydrogen) atoms. The molecule has 1 atom stereocenters. The lowest BCUT2D eigenvalue weighted by atomic mass is 10.1. The van der Waals surface area contributed by atoms with Gasteiger partial charge in [-0.3, -0.25) is 4.79 Å². The summed E-state index contributed by atoms with van der Waals surface area (Å²) in [6, 6.07) is 9.15. The third-order valence-electron chi connectivity index (χ3n) is 4.46. The van der Waals surface area contributed by atoms with Crippen LogP contribution in [-0.2, 0) is 11.3 Å². The highest BCUT2D eigenvalue weighted by Gasteiger charge is 2.25. The molecule has 0 spiro atoms. The van der Waals surface area contributed by atoms with E-state index in [0.717, 1.165) is 16.8 Å². The summed E-state index contributed by atoms with van der Waals surface area (Å²) < 4.78 is 5.33. The number of pyridine rings is 1. The number of hydrogen-bond donors (Lipinski definition) is 5. The summed E-state index contributed by atoms with van der Waals surface area (Å²) in [5, 5.41) is 20.6. The molecule has 1 aromatic carbocycles. The maximum atomic E-state index is 12.2. The Morgan fingerprint density at radius 3 is 2.79 bits per heavy atom. The fourth-order valence-corrected chi connectivity index (χ4v) is 3.02. The van der Waals surface area contributed by atoms with Crippen LogP contribution >= 0.6 is 0 Å². The van der Waals surface area contributed by atoms with Crippen LogP contribution in [0.5, 0.6) is 0 Å². The van der Waals surface area contributed by atoms with Crippen molar-refractivity contribution in [3.8, 4) is 0 Å². The predicted molar refractivity (Wildman–Crippen MR) is 110 cm³/mol. The second-order valence-electron chi connectivity index (χ2n) is 6.75. The van der Waals surface area contributed by atoms with Crippen molar-refractivity contribution in [2.75, 3.05) is 30.4 Å². The quantitative estimate of drug-likeness (QED) is 0.439. The summed E-state index contributed by atoms with van der Waals surface area (Å²) in [7, 11) is 0. The Morgan fingerprint density at radius 2 is 2.10 bits per heavy atom. The average molecular weight is 399 g/mol. The highest BCUT2D eigenvalue weighted by atomic mass is 16.5. The highest BCUT2D eigenvalue weighted by Crippen LogP contribution is 2.28. The fourth-order valence-electron chi connectivity index (χ4n) is 3.02. The predicted octanol–water partition coefficient (Wildman–Crippen LogP) is 2.46. The molecule has 0 bridgehead atoms. The number of carboxylic acid groups (broad SMARTS) is 1. The van der Waals surface area contributed by atoms with Crippen LogP contribution in [0.15, 0.2) is 30.3 Å². The summed E-state index contributed by atoms with van der Waals surface area (Å²) in [6.45, 7) is 5.30. The van der Waals surface area contributed by atoms with Gasteiger partial charge in [-0.25, -0.2) is 9.78 Å². The van der Waals surface area contributed by atoms with Crippen LogP contribution in [0.1, 0.15) is 28.4 Å². The topological polar surface area (TPSA) is 125 Å². The van der Waals surface area contributed by atoms with Crippen LogP contribution in [0.25, 0.3) is 0 Å². The van der Waals surface area contributed by atoms with E-state index in [1.165, 1.54) is 0 Å². The molecule has 2 aromatic rings. The summed E-state index contributed by atoms with van der Waals surface area (Å²) in [5.41, 5.74) is 3.30. The molecule has 1 unspecified atom stereocenters. The van der Waals surface area contributed by atoms with Crippen LogP contribution in [0.2, 0.25) is 0 Å². The number of carbonyl (C=O) groups excluding carboxylic acids is 1. The third kappa shape index (κ3) is 5.35. The molecular weight excluding hydrogens is 374 g/mol. The number of nitrogens with zero attached hydrogens (tertiary/aromatic N) is 1. The normalized spacial score (nSPS) is 13.4. The number of fused-ring (bicyclic) bond motifs is 1. The first kappa shape index (κ1) is 20.4. The Morgan fingerprint density at radius 1 is 1.34 bits per heavy atom. The van der Waals surface area contributed by atoms with Crippen molar-refractivity contribution in [2.45, 2.75) is 26.4 Å². The molecule has 0 saturated carbocycles. The zero-order valence-electron chi connectivity index (χ0n) is 16.4. The molecule has 1 aliphatic heterocycles. The molecule has 2 heterocycles. The van der Waals surface area contributed by atoms with Crippen molar-refractivity contribution in [2.24, 2.45) is 0 Å². The Bertz CT molecular complexity index is 885. The largest absolute Gasteiger partial charge is 0.465 e. The standard InChI is InChI=1S/C20H25N5O4/c1-3-29-11-15(24-20(27)28)10-21-16-8-13-9-22-19(26)17(13)18(25-16)23-14-6-4-12(2)5-7-14/h4-8,15,24H,3,9-11H2,1-2H3,(H,22,26)(H,27,28)(H2,21,23,25). The lowest BCUT2D eigenvalue weighted by Gasteiger charge is -2.18. The van der Waals surface area contributed by atoms with E-state index in [9.17, 15) is 9.59 Å². The zero-order valence-corrected chi connectivity index (χ0v) is 16.4. The minimum atomic E-state index is -1.12.